The molecule has 4 aliphatic rings. The van der Waals surface area contributed by atoms with Gasteiger partial charge < -0.3 is 41.0 Å². The van der Waals surface area contributed by atoms with Crippen LogP contribution in [0.2, 0.25) is 0 Å². The largest absolute Gasteiger partial charge is 0.340 e. The minimum atomic E-state index is -0.799. The van der Waals surface area contributed by atoms with Gasteiger partial charge in [0, 0.05) is 25.2 Å². The van der Waals surface area contributed by atoms with Crippen molar-refractivity contribution in [3.05, 3.63) is 155 Å². The van der Waals surface area contributed by atoms with Gasteiger partial charge in [-0.25, -0.2) is 19.6 Å². The lowest BCUT2D eigenvalue weighted by Gasteiger charge is -2.29. The van der Waals surface area contributed by atoms with E-state index in [0.717, 1.165) is 135 Å². The number of aromatic amines is 2. The molecule has 70 heavy (non-hydrogen) atoms. The number of likely N-dealkylation sites (tertiary alicyclic amines) is 2. The zero-order valence-electron chi connectivity index (χ0n) is 39.7. The molecule has 2 aliphatic heterocycles. The van der Waals surface area contributed by atoms with E-state index in [4.69, 9.17) is 9.97 Å². The molecule has 4 atom stereocenters. The summed E-state index contributed by atoms with van der Waals surface area (Å²) in [4.78, 5) is 75.1. The standard InChI is InChI=1S/C56H64N10O4/c67-53(49(41-13-3-1-4-14-41)63-55(69)59-43-17-7-8-18-43)65-33-11-21-47(65)51-57-35-45(61-51)39-29-25-37(26-30-39)23-24-38-27-31-40(32-28-38)46-36-58-52(62-46)48-22-12-34-66(48)54(68)50(42-15-5-2-6-16-42)64-56(70)60-44-19-9-10-20-44/h1-6,13-16,25-32,35-36,43-44,47-50H,7-12,17-24,33-34H2,(H,57,61)(H,58,62)(H2,59,63,69)(H2,60,64,70)/t47-,48-,49+,50+/m0/s1. The summed E-state index contributed by atoms with van der Waals surface area (Å²) in [7, 11) is 0. The smallest absolute Gasteiger partial charge is 0.315 e. The Morgan fingerprint density at radius 2 is 0.886 bits per heavy atom. The molecule has 362 valence electrons. The van der Waals surface area contributed by atoms with Gasteiger partial charge in [-0.1, -0.05) is 135 Å². The van der Waals surface area contributed by atoms with Crippen molar-refractivity contribution in [3.63, 3.8) is 0 Å². The van der Waals surface area contributed by atoms with Crippen LogP contribution in [-0.4, -0.2) is 78.8 Å². The van der Waals surface area contributed by atoms with Crippen LogP contribution in [0, 0.1) is 0 Å². The minimum Gasteiger partial charge on any atom is -0.340 e. The van der Waals surface area contributed by atoms with Gasteiger partial charge in [0.05, 0.1) is 35.9 Å². The second-order valence-electron chi connectivity index (χ2n) is 19.5. The van der Waals surface area contributed by atoms with Gasteiger partial charge in [-0.2, -0.15) is 0 Å². The molecule has 4 aromatic carbocycles. The first-order chi connectivity index (χ1) is 34.3. The van der Waals surface area contributed by atoms with Crippen LogP contribution in [0.3, 0.4) is 0 Å². The van der Waals surface area contributed by atoms with E-state index in [1.165, 1.54) is 11.1 Å². The molecule has 10 rings (SSSR count). The molecule has 2 aliphatic carbocycles. The summed E-state index contributed by atoms with van der Waals surface area (Å²) in [5.74, 6) is 1.23. The Labute approximate surface area is 409 Å². The zero-order chi connectivity index (χ0) is 47.8. The van der Waals surface area contributed by atoms with Gasteiger partial charge in [0.1, 0.15) is 23.7 Å². The number of carbonyl (C=O) groups is 4. The number of rotatable bonds is 15. The number of hydrogen-bond acceptors (Lipinski definition) is 6. The average Bonchev–Trinajstić information content (AvgIpc) is 4.26. The lowest BCUT2D eigenvalue weighted by molar-refractivity contribution is -0.135. The number of benzene rings is 4. The number of nitrogens with zero attached hydrogens (tertiary/aromatic N) is 4. The Kier molecular flexibility index (Phi) is 14.4. The molecule has 2 saturated carbocycles. The van der Waals surface area contributed by atoms with Crippen molar-refractivity contribution in [3.8, 4) is 22.5 Å². The molecule has 2 saturated heterocycles. The van der Waals surface area contributed by atoms with Crippen LogP contribution in [0.5, 0.6) is 0 Å². The summed E-state index contributed by atoms with van der Waals surface area (Å²) >= 11 is 0. The molecule has 4 heterocycles. The molecule has 4 fully saturated rings. The quantitative estimate of drug-likeness (QED) is 0.0597. The normalized spacial score (nSPS) is 19.3. The summed E-state index contributed by atoms with van der Waals surface area (Å²) in [6.07, 6.45) is 17.0. The van der Waals surface area contributed by atoms with E-state index < -0.39 is 12.1 Å². The molecule has 6 aromatic rings. The SMILES string of the molecule is O=C(NC1CCCC1)N[C@@H](C(=O)N1CCC[C@H]1c1ncc(-c2ccc(CCc3ccc(-c4cnc([C@@H]5CCCN5C(=O)[C@H](NC(=O)NC5CCCC5)c5ccccc5)[nH]4)cc3)cc2)[nH]1)c1ccccc1. The van der Waals surface area contributed by atoms with E-state index in [0.29, 0.717) is 13.1 Å². The van der Waals surface area contributed by atoms with Gasteiger partial charge >= 0.3 is 12.1 Å². The summed E-state index contributed by atoms with van der Waals surface area (Å²) in [5.41, 5.74) is 7.80. The monoisotopic (exact) mass is 941 g/mol. The average molecular weight is 941 g/mol. The first-order valence-corrected chi connectivity index (χ1v) is 25.5. The molecule has 14 nitrogen and oxygen atoms in total. The maximum absolute atomic E-state index is 14.3. The van der Waals surface area contributed by atoms with Crippen molar-refractivity contribution in [2.24, 2.45) is 0 Å². The van der Waals surface area contributed by atoms with Gasteiger partial charge in [0.2, 0.25) is 11.8 Å². The highest BCUT2D eigenvalue weighted by Crippen LogP contribution is 2.36. The zero-order valence-corrected chi connectivity index (χ0v) is 39.7. The van der Waals surface area contributed by atoms with E-state index in [-0.39, 0.29) is 48.0 Å². The van der Waals surface area contributed by atoms with Crippen LogP contribution in [0.1, 0.15) is 135 Å². The van der Waals surface area contributed by atoms with Crippen molar-refractivity contribution < 1.29 is 19.2 Å². The highest BCUT2D eigenvalue weighted by molar-refractivity contribution is 5.89. The van der Waals surface area contributed by atoms with Crippen LogP contribution in [0.4, 0.5) is 9.59 Å². The predicted molar refractivity (Wildman–Crippen MR) is 269 cm³/mol. The van der Waals surface area contributed by atoms with Crippen LogP contribution < -0.4 is 21.3 Å². The first-order valence-electron chi connectivity index (χ1n) is 25.5. The minimum absolute atomic E-state index is 0.132. The number of amides is 6. The number of aryl methyl sites for hydroxylation is 2. The Morgan fingerprint density at radius 3 is 1.27 bits per heavy atom. The fourth-order valence-electron chi connectivity index (χ4n) is 11.0. The molecular formula is C56H64N10O4. The Bertz CT molecular complexity index is 2520. The van der Waals surface area contributed by atoms with E-state index in [9.17, 15) is 19.2 Å². The predicted octanol–water partition coefficient (Wildman–Crippen LogP) is 9.55. The van der Waals surface area contributed by atoms with Crippen molar-refractivity contribution >= 4 is 23.9 Å². The van der Waals surface area contributed by atoms with Crippen LogP contribution in [-0.2, 0) is 22.4 Å². The summed E-state index contributed by atoms with van der Waals surface area (Å²) in [5, 5.41) is 12.2. The molecule has 0 unspecified atom stereocenters. The highest BCUT2D eigenvalue weighted by atomic mass is 16.2. The molecular weight excluding hydrogens is 877 g/mol. The summed E-state index contributed by atoms with van der Waals surface area (Å²) in [6.45, 7) is 1.19. The van der Waals surface area contributed by atoms with Crippen LogP contribution in [0.25, 0.3) is 22.5 Å². The number of aromatic nitrogens is 4. The van der Waals surface area contributed by atoms with E-state index in [1.807, 2.05) is 82.9 Å². The number of urea groups is 2. The van der Waals surface area contributed by atoms with Gasteiger partial charge in [0.15, 0.2) is 0 Å². The molecule has 0 bridgehead atoms. The first kappa shape index (κ1) is 46.5. The van der Waals surface area contributed by atoms with Gasteiger partial charge in [-0.15, -0.1) is 0 Å². The second-order valence-corrected chi connectivity index (χ2v) is 19.5. The second kappa shape index (κ2) is 21.6. The number of imidazole rings is 2. The summed E-state index contributed by atoms with van der Waals surface area (Å²) in [6, 6.07) is 33.8. The Hall–Kier alpha value is -7.22. The molecule has 0 radical (unpaired) electrons. The molecule has 14 heteroatoms. The van der Waals surface area contributed by atoms with Gasteiger partial charge in [0.25, 0.3) is 0 Å². The Morgan fingerprint density at radius 1 is 0.500 bits per heavy atom. The lowest BCUT2D eigenvalue weighted by atomic mass is 10.0. The number of hydrogen-bond donors (Lipinski definition) is 6. The van der Waals surface area contributed by atoms with Crippen molar-refractivity contribution in [1.82, 2.24) is 51.0 Å². The van der Waals surface area contributed by atoms with Gasteiger partial charge in [-0.05, 0) is 97.6 Å². The fraction of sp³-hybridized carbons (Fsp3) is 0.393. The van der Waals surface area contributed by atoms with Gasteiger partial charge in [-0.3, -0.25) is 9.59 Å². The van der Waals surface area contributed by atoms with Crippen molar-refractivity contribution in [2.45, 2.75) is 126 Å². The van der Waals surface area contributed by atoms with Crippen molar-refractivity contribution in [1.29, 1.82) is 0 Å². The van der Waals surface area contributed by atoms with Crippen molar-refractivity contribution in [2.75, 3.05) is 13.1 Å². The van der Waals surface area contributed by atoms with Crippen LogP contribution >= 0.6 is 0 Å². The van der Waals surface area contributed by atoms with Crippen LogP contribution in [0.15, 0.2) is 122 Å². The molecule has 2 aromatic heterocycles. The van der Waals surface area contributed by atoms with E-state index >= 15 is 0 Å². The fourth-order valence-corrected chi connectivity index (χ4v) is 11.0. The third-order valence-electron chi connectivity index (χ3n) is 14.8. The molecule has 6 N–H and O–H groups in total. The summed E-state index contributed by atoms with van der Waals surface area (Å²) < 4.78 is 0. The maximum atomic E-state index is 14.3. The third-order valence-corrected chi connectivity index (χ3v) is 14.8. The topological polar surface area (TPSA) is 180 Å². The number of nitrogens with one attached hydrogen (secondary N) is 6. The number of carbonyl (C=O) groups excluding carboxylic acids is 4. The molecule has 0 spiro atoms. The van der Waals surface area contributed by atoms with E-state index in [2.05, 4.69) is 79.8 Å². The lowest BCUT2D eigenvalue weighted by Crippen LogP contribution is -2.48. The highest BCUT2D eigenvalue weighted by Gasteiger charge is 2.39. The maximum Gasteiger partial charge on any atom is 0.315 e. The van der Waals surface area contributed by atoms with E-state index in [1.54, 1.807) is 0 Å². The number of H-pyrrole nitrogens is 2. The Balaban J connectivity index is 0.738. The third kappa shape index (κ3) is 10.8. The molecule has 6 amide bonds.